The third-order valence-electron chi connectivity index (χ3n) is 5.90. The summed E-state index contributed by atoms with van der Waals surface area (Å²) in [5, 5.41) is 14.0. The highest BCUT2D eigenvalue weighted by molar-refractivity contribution is 5.89. The van der Waals surface area contributed by atoms with Crippen molar-refractivity contribution in [3.05, 3.63) is 29.6 Å². The van der Waals surface area contributed by atoms with Gasteiger partial charge in [0.15, 0.2) is 5.69 Å². The molecule has 4 rings (SSSR count). The third kappa shape index (κ3) is 4.67. The lowest BCUT2D eigenvalue weighted by molar-refractivity contribution is 0.0113. The molecule has 2 aromatic heterocycles. The van der Waals surface area contributed by atoms with Crippen LogP contribution < -0.4 is 4.90 Å². The van der Waals surface area contributed by atoms with Crippen LogP contribution in [0.1, 0.15) is 62.6 Å². The van der Waals surface area contributed by atoms with E-state index < -0.39 is 11.6 Å². The van der Waals surface area contributed by atoms with E-state index in [0.717, 1.165) is 50.0 Å². The number of nitrogens with zero attached hydrogens (tertiary/aromatic N) is 4. The predicted molar refractivity (Wildman–Crippen MR) is 119 cm³/mol. The van der Waals surface area contributed by atoms with E-state index in [2.05, 4.69) is 10.00 Å². The lowest BCUT2D eigenvalue weighted by Crippen LogP contribution is -2.50. The number of rotatable bonds is 6. The summed E-state index contributed by atoms with van der Waals surface area (Å²) in [4.78, 5) is 28.7. The number of carboxylic acid groups (broad SMARTS) is 1. The van der Waals surface area contributed by atoms with Gasteiger partial charge >= 0.3 is 12.1 Å². The second-order valence-corrected chi connectivity index (χ2v) is 9.61. The molecular weight excluding hydrogens is 412 g/mol. The first-order chi connectivity index (χ1) is 15.2. The van der Waals surface area contributed by atoms with Gasteiger partial charge in [0, 0.05) is 32.3 Å². The summed E-state index contributed by atoms with van der Waals surface area (Å²) in [6, 6.07) is 5.77. The quantitative estimate of drug-likeness (QED) is 0.728. The van der Waals surface area contributed by atoms with E-state index >= 15 is 0 Å². The molecule has 1 amide bonds. The summed E-state index contributed by atoms with van der Waals surface area (Å²) in [7, 11) is 1.59. The zero-order valence-electron chi connectivity index (χ0n) is 19.2. The molecule has 2 fully saturated rings. The van der Waals surface area contributed by atoms with Crippen LogP contribution in [0.4, 0.5) is 10.5 Å². The maximum absolute atomic E-state index is 12.8. The second kappa shape index (κ2) is 8.61. The lowest BCUT2D eigenvalue weighted by Gasteiger charge is -2.40. The van der Waals surface area contributed by atoms with Gasteiger partial charge in [0.25, 0.3) is 0 Å². The van der Waals surface area contributed by atoms with Crippen LogP contribution in [0.5, 0.6) is 0 Å². The van der Waals surface area contributed by atoms with Crippen LogP contribution in [0.25, 0.3) is 5.52 Å². The number of fused-ring (bicyclic) bond motifs is 1. The number of carboxylic acids is 1. The molecule has 0 bridgehead atoms. The average Bonchev–Trinajstić information content (AvgIpc) is 3.44. The van der Waals surface area contributed by atoms with Gasteiger partial charge in [0.05, 0.1) is 23.5 Å². The van der Waals surface area contributed by atoms with Gasteiger partial charge in [-0.3, -0.25) is 0 Å². The SMILES string of the molecule is COCc1cc2c(N3CCC(N(C(=O)OC(C)(C)C)C4CC4)CC3)ccc(C(=O)O)n2n1. The molecule has 1 N–H and O–H groups in total. The molecule has 1 saturated heterocycles. The summed E-state index contributed by atoms with van der Waals surface area (Å²) in [5.74, 6) is -1.02. The van der Waals surface area contributed by atoms with Crippen LogP contribution in [0.2, 0.25) is 0 Å². The summed E-state index contributed by atoms with van der Waals surface area (Å²) in [5.41, 5.74) is 1.98. The van der Waals surface area contributed by atoms with E-state index in [1.54, 1.807) is 13.2 Å². The smallest absolute Gasteiger partial charge is 0.410 e. The van der Waals surface area contributed by atoms with E-state index in [0.29, 0.717) is 12.3 Å². The van der Waals surface area contributed by atoms with E-state index in [1.807, 2.05) is 37.8 Å². The number of ether oxygens (including phenoxy) is 2. The molecule has 0 atom stereocenters. The monoisotopic (exact) mass is 444 g/mol. The van der Waals surface area contributed by atoms with Crippen LogP contribution in [-0.4, -0.2) is 69.6 Å². The molecule has 1 aliphatic heterocycles. The first-order valence-electron chi connectivity index (χ1n) is 11.2. The van der Waals surface area contributed by atoms with Crippen molar-refractivity contribution in [2.45, 2.75) is 70.7 Å². The number of aromatic nitrogens is 2. The Morgan fingerprint density at radius 3 is 2.38 bits per heavy atom. The minimum Gasteiger partial charge on any atom is -0.477 e. The molecule has 9 heteroatoms. The van der Waals surface area contributed by atoms with Crippen LogP contribution >= 0.6 is 0 Å². The maximum Gasteiger partial charge on any atom is 0.410 e. The Hall–Kier alpha value is -2.81. The molecule has 1 aliphatic carbocycles. The topological polar surface area (TPSA) is 96.6 Å². The Bertz CT molecular complexity index is 1000. The molecule has 2 aliphatic rings. The van der Waals surface area contributed by atoms with Crippen LogP contribution in [0.15, 0.2) is 18.2 Å². The second-order valence-electron chi connectivity index (χ2n) is 9.61. The summed E-state index contributed by atoms with van der Waals surface area (Å²) in [6.45, 7) is 7.54. The first-order valence-corrected chi connectivity index (χ1v) is 11.2. The van der Waals surface area contributed by atoms with Gasteiger partial charge in [0.1, 0.15) is 5.60 Å². The fourth-order valence-electron chi connectivity index (χ4n) is 4.41. The largest absolute Gasteiger partial charge is 0.477 e. The number of hydrogen-bond donors (Lipinski definition) is 1. The van der Waals surface area contributed by atoms with Crippen molar-refractivity contribution in [2.75, 3.05) is 25.1 Å². The zero-order chi connectivity index (χ0) is 23.0. The van der Waals surface area contributed by atoms with Crippen LogP contribution in [0, 0.1) is 0 Å². The van der Waals surface area contributed by atoms with Crippen molar-refractivity contribution >= 4 is 23.3 Å². The molecule has 3 heterocycles. The highest BCUT2D eigenvalue weighted by atomic mass is 16.6. The lowest BCUT2D eigenvalue weighted by atomic mass is 10.0. The fraction of sp³-hybridized carbons (Fsp3) is 0.609. The minimum absolute atomic E-state index is 0.117. The Morgan fingerprint density at radius 2 is 1.81 bits per heavy atom. The van der Waals surface area contributed by atoms with Gasteiger partial charge in [-0.25, -0.2) is 14.1 Å². The fourth-order valence-corrected chi connectivity index (χ4v) is 4.41. The number of methoxy groups -OCH3 is 1. The highest BCUT2D eigenvalue weighted by Crippen LogP contribution is 2.35. The van der Waals surface area contributed by atoms with Crippen molar-refractivity contribution in [1.29, 1.82) is 0 Å². The standard InChI is InChI=1S/C23H32N4O5/c1-23(2,3)32-22(30)26(16-5-6-16)17-9-11-25(12-10-17)18-7-8-19(21(28)29)27-20(18)13-15(24-27)14-31-4/h7-8,13,16-17H,5-6,9-12,14H2,1-4H3,(H,28,29). The maximum atomic E-state index is 12.8. The molecule has 9 nitrogen and oxygen atoms in total. The van der Waals surface area contributed by atoms with Gasteiger partial charge in [-0.2, -0.15) is 5.10 Å². The molecule has 0 unspecified atom stereocenters. The van der Waals surface area contributed by atoms with Crippen molar-refractivity contribution in [3.8, 4) is 0 Å². The van der Waals surface area contributed by atoms with Crippen LogP contribution in [-0.2, 0) is 16.1 Å². The molecular formula is C23H32N4O5. The molecule has 0 aromatic carbocycles. The molecule has 2 aromatic rings. The van der Waals surface area contributed by atoms with Gasteiger partial charge in [-0.15, -0.1) is 0 Å². The van der Waals surface area contributed by atoms with E-state index in [1.165, 1.54) is 4.52 Å². The number of pyridine rings is 1. The summed E-state index contributed by atoms with van der Waals surface area (Å²) < 4.78 is 12.3. The highest BCUT2D eigenvalue weighted by Gasteiger charge is 2.40. The number of carbonyl (C=O) groups is 2. The van der Waals surface area contributed by atoms with Crippen LogP contribution in [0.3, 0.4) is 0 Å². The number of carbonyl (C=O) groups excluding carboxylic acids is 1. The number of anilines is 1. The van der Waals surface area contributed by atoms with Gasteiger partial charge in [-0.05, 0) is 64.7 Å². The Kier molecular flexibility index (Phi) is 6.03. The van der Waals surface area contributed by atoms with E-state index in [4.69, 9.17) is 9.47 Å². The zero-order valence-corrected chi connectivity index (χ0v) is 19.2. The Labute approximate surface area is 187 Å². The number of hydrogen-bond acceptors (Lipinski definition) is 6. The van der Waals surface area contributed by atoms with E-state index in [9.17, 15) is 14.7 Å². The predicted octanol–water partition coefficient (Wildman–Crippen LogP) is 3.55. The van der Waals surface area contributed by atoms with Gasteiger partial charge in [-0.1, -0.05) is 0 Å². The number of aromatic carboxylic acids is 1. The van der Waals surface area contributed by atoms with Crippen molar-refractivity contribution in [3.63, 3.8) is 0 Å². The van der Waals surface area contributed by atoms with E-state index in [-0.39, 0.29) is 23.9 Å². The molecule has 1 saturated carbocycles. The van der Waals surface area contributed by atoms with Gasteiger partial charge < -0.3 is 24.4 Å². The molecule has 0 radical (unpaired) electrons. The first kappa shape index (κ1) is 22.4. The molecule has 0 spiro atoms. The third-order valence-corrected chi connectivity index (χ3v) is 5.90. The Balaban J connectivity index is 1.53. The van der Waals surface area contributed by atoms with Crippen molar-refractivity contribution in [2.24, 2.45) is 0 Å². The average molecular weight is 445 g/mol. The number of piperidine rings is 1. The molecule has 174 valence electrons. The van der Waals surface area contributed by atoms with Crippen molar-refractivity contribution < 1.29 is 24.2 Å². The normalized spacial score (nSPS) is 17.6. The molecule has 32 heavy (non-hydrogen) atoms. The Morgan fingerprint density at radius 1 is 1.16 bits per heavy atom. The summed E-state index contributed by atoms with van der Waals surface area (Å²) in [6.07, 6.45) is 3.53. The number of amides is 1. The van der Waals surface area contributed by atoms with Gasteiger partial charge in [0.2, 0.25) is 0 Å². The minimum atomic E-state index is -1.02. The van der Waals surface area contributed by atoms with Crippen molar-refractivity contribution in [1.82, 2.24) is 14.5 Å². The summed E-state index contributed by atoms with van der Waals surface area (Å²) >= 11 is 0.